The van der Waals surface area contributed by atoms with Crippen LogP contribution in [0.3, 0.4) is 0 Å². The quantitative estimate of drug-likeness (QED) is 0.757. The van der Waals surface area contributed by atoms with Crippen molar-refractivity contribution in [2.45, 2.75) is 33.1 Å². The largest absolute Gasteiger partial charge is 0.469 e. The van der Waals surface area contributed by atoms with E-state index < -0.39 is 0 Å². The summed E-state index contributed by atoms with van der Waals surface area (Å²) >= 11 is 0. The van der Waals surface area contributed by atoms with Crippen LogP contribution in [0.5, 0.6) is 0 Å². The number of hydrogen-bond acceptors (Lipinski definition) is 4. The number of carbonyl (C=O) groups excluding carboxylic acids is 3. The maximum absolute atomic E-state index is 12.5. The van der Waals surface area contributed by atoms with Gasteiger partial charge in [0.05, 0.1) is 20.0 Å². The Hall–Kier alpha value is -2.37. The Morgan fingerprint density at radius 2 is 1.52 bits per heavy atom. The van der Waals surface area contributed by atoms with Gasteiger partial charge in [0.1, 0.15) is 0 Å². The summed E-state index contributed by atoms with van der Waals surface area (Å²) in [4.78, 5) is 39.2. The van der Waals surface area contributed by atoms with E-state index in [-0.39, 0.29) is 30.6 Å². The molecule has 0 atom stereocenters. The zero-order valence-corrected chi connectivity index (χ0v) is 15.2. The first-order valence-corrected chi connectivity index (χ1v) is 8.59. The normalized spacial score (nSPS) is 14.4. The highest BCUT2D eigenvalue weighted by molar-refractivity contribution is 5.82. The fourth-order valence-electron chi connectivity index (χ4n) is 2.87. The van der Waals surface area contributed by atoms with E-state index in [1.807, 2.05) is 19.1 Å². The molecule has 2 rings (SSSR count). The topological polar surface area (TPSA) is 66.9 Å². The second-order valence-corrected chi connectivity index (χ2v) is 6.43. The highest BCUT2D eigenvalue weighted by atomic mass is 16.5. The average Bonchev–Trinajstić information content (AvgIpc) is 2.62. The van der Waals surface area contributed by atoms with Crippen molar-refractivity contribution in [2.24, 2.45) is 0 Å². The summed E-state index contributed by atoms with van der Waals surface area (Å²) in [6.45, 7) is 6.19. The molecule has 0 unspecified atom stereocenters. The lowest BCUT2D eigenvalue weighted by atomic mass is 10.0. The number of piperazine rings is 1. The van der Waals surface area contributed by atoms with Gasteiger partial charge in [0, 0.05) is 32.6 Å². The molecule has 0 N–H and O–H groups in total. The molecule has 0 saturated carbocycles. The second-order valence-electron chi connectivity index (χ2n) is 6.43. The first kappa shape index (κ1) is 19.0. The Bertz CT molecular complexity index is 649. The zero-order chi connectivity index (χ0) is 18.4. The summed E-state index contributed by atoms with van der Waals surface area (Å²) in [6.07, 6.45) is 0.641. The number of benzene rings is 1. The number of esters is 1. The smallest absolute Gasteiger partial charge is 0.306 e. The zero-order valence-electron chi connectivity index (χ0n) is 15.2. The minimum Gasteiger partial charge on any atom is -0.469 e. The lowest BCUT2D eigenvalue weighted by molar-refractivity contribution is -0.144. The Labute approximate surface area is 148 Å². The standard InChI is InChI=1S/C19H26N2O4/c1-14-4-5-16(12-15(14)2)13-18(23)21-10-8-20(9-11-21)17(22)6-7-19(24)25-3/h4-5,12H,6-11,13H2,1-3H3. The van der Waals surface area contributed by atoms with Crippen LogP contribution in [-0.4, -0.2) is 60.9 Å². The fraction of sp³-hybridized carbons (Fsp3) is 0.526. The Morgan fingerprint density at radius 3 is 2.08 bits per heavy atom. The molecule has 0 radical (unpaired) electrons. The van der Waals surface area contributed by atoms with Crippen LogP contribution in [0.4, 0.5) is 0 Å². The number of rotatable bonds is 5. The van der Waals surface area contributed by atoms with Crippen LogP contribution < -0.4 is 0 Å². The minimum atomic E-state index is -0.379. The molecule has 25 heavy (non-hydrogen) atoms. The minimum absolute atomic E-state index is 0.0633. The molecule has 6 nitrogen and oxygen atoms in total. The Kier molecular flexibility index (Phi) is 6.56. The van der Waals surface area contributed by atoms with Gasteiger partial charge in [0.15, 0.2) is 0 Å². The second kappa shape index (κ2) is 8.65. The van der Waals surface area contributed by atoms with Gasteiger partial charge in [0.25, 0.3) is 0 Å². The molecule has 0 aromatic heterocycles. The molecule has 0 spiro atoms. The van der Waals surface area contributed by atoms with Crippen LogP contribution in [0.2, 0.25) is 0 Å². The average molecular weight is 346 g/mol. The molecule has 1 fully saturated rings. The molecule has 1 aromatic rings. The summed E-state index contributed by atoms with van der Waals surface area (Å²) < 4.78 is 4.55. The van der Waals surface area contributed by atoms with Crippen molar-refractivity contribution >= 4 is 17.8 Å². The van der Waals surface area contributed by atoms with Crippen molar-refractivity contribution in [1.29, 1.82) is 0 Å². The van der Waals surface area contributed by atoms with E-state index in [2.05, 4.69) is 17.7 Å². The maximum Gasteiger partial charge on any atom is 0.306 e. The molecule has 1 aliphatic heterocycles. The third-order valence-electron chi connectivity index (χ3n) is 4.68. The van der Waals surface area contributed by atoms with E-state index in [4.69, 9.17) is 0 Å². The summed E-state index contributed by atoms with van der Waals surface area (Å²) in [5.74, 6) is -0.355. The number of ether oxygens (including phenoxy) is 1. The number of carbonyl (C=O) groups is 3. The molecule has 1 saturated heterocycles. The van der Waals surface area contributed by atoms with Crippen molar-refractivity contribution in [3.8, 4) is 0 Å². The first-order chi connectivity index (χ1) is 11.9. The molecule has 6 heteroatoms. The SMILES string of the molecule is COC(=O)CCC(=O)N1CCN(C(=O)Cc2ccc(C)c(C)c2)CC1. The van der Waals surface area contributed by atoms with Crippen LogP contribution in [-0.2, 0) is 25.5 Å². The fourth-order valence-corrected chi connectivity index (χ4v) is 2.87. The molecule has 0 aliphatic carbocycles. The van der Waals surface area contributed by atoms with Crippen molar-refractivity contribution in [2.75, 3.05) is 33.3 Å². The molecular weight excluding hydrogens is 320 g/mol. The van der Waals surface area contributed by atoms with Gasteiger partial charge in [-0.05, 0) is 30.5 Å². The van der Waals surface area contributed by atoms with E-state index >= 15 is 0 Å². The monoisotopic (exact) mass is 346 g/mol. The van der Waals surface area contributed by atoms with Crippen molar-refractivity contribution in [3.05, 3.63) is 34.9 Å². The molecular formula is C19H26N2O4. The van der Waals surface area contributed by atoms with Crippen LogP contribution in [0.15, 0.2) is 18.2 Å². The predicted octanol–water partition coefficient (Wildman–Crippen LogP) is 1.47. The van der Waals surface area contributed by atoms with Gasteiger partial charge in [-0.25, -0.2) is 0 Å². The van der Waals surface area contributed by atoms with Crippen molar-refractivity contribution < 1.29 is 19.1 Å². The van der Waals surface area contributed by atoms with E-state index in [0.717, 1.165) is 5.56 Å². The lowest BCUT2D eigenvalue weighted by Crippen LogP contribution is -2.51. The van der Waals surface area contributed by atoms with E-state index in [0.29, 0.717) is 32.6 Å². The van der Waals surface area contributed by atoms with Gasteiger partial charge < -0.3 is 14.5 Å². The van der Waals surface area contributed by atoms with Crippen LogP contribution in [0.25, 0.3) is 0 Å². The van der Waals surface area contributed by atoms with Crippen LogP contribution in [0.1, 0.15) is 29.5 Å². The third kappa shape index (κ3) is 5.31. The highest BCUT2D eigenvalue weighted by Crippen LogP contribution is 2.13. The van der Waals surface area contributed by atoms with Gasteiger partial charge >= 0.3 is 5.97 Å². The maximum atomic E-state index is 12.5. The first-order valence-electron chi connectivity index (χ1n) is 8.59. The lowest BCUT2D eigenvalue weighted by Gasteiger charge is -2.35. The van der Waals surface area contributed by atoms with E-state index in [1.54, 1.807) is 9.80 Å². The van der Waals surface area contributed by atoms with E-state index in [9.17, 15) is 14.4 Å². The summed E-state index contributed by atoms with van der Waals surface area (Å²) in [5, 5.41) is 0. The predicted molar refractivity (Wildman–Crippen MR) is 94.0 cm³/mol. The molecule has 1 aliphatic rings. The summed E-state index contributed by atoms with van der Waals surface area (Å²) in [5.41, 5.74) is 3.42. The number of methoxy groups -OCH3 is 1. The van der Waals surface area contributed by atoms with Gasteiger partial charge in [-0.1, -0.05) is 18.2 Å². The summed E-state index contributed by atoms with van der Waals surface area (Å²) in [6, 6.07) is 6.09. The molecule has 0 bridgehead atoms. The molecule has 1 heterocycles. The van der Waals surface area contributed by atoms with Gasteiger partial charge in [-0.3, -0.25) is 14.4 Å². The Morgan fingerprint density at radius 1 is 0.920 bits per heavy atom. The molecule has 1 aromatic carbocycles. The van der Waals surface area contributed by atoms with E-state index in [1.165, 1.54) is 18.2 Å². The summed E-state index contributed by atoms with van der Waals surface area (Å²) in [7, 11) is 1.31. The van der Waals surface area contributed by atoms with Crippen LogP contribution in [0, 0.1) is 13.8 Å². The molecule has 136 valence electrons. The Balaban J connectivity index is 1.80. The number of hydrogen-bond donors (Lipinski definition) is 0. The number of amides is 2. The third-order valence-corrected chi connectivity index (χ3v) is 4.68. The van der Waals surface area contributed by atoms with Gasteiger partial charge in [-0.2, -0.15) is 0 Å². The van der Waals surface area contributed by atoms with Crippen molar-refractivity contribution in [3.63, 3.8) is 0 Å². The highest BCUT2D eigenvalue weighted by Gasteiger charge is 2.24. The van der Waals surface area contributed by atoms with Crippen molar-refractivity contribution in [1.82, 2.24) is 9.80 Å². The van der Waals surface area contributed by atoms with Gasteiger partial charge in [-0.15, -0.1) is 0 Å². The van der Waals surface area contributed by atoms with Gasteiger partial charge in [0.2, 0.25) is 11.8 Å². The number of nitrogens with zero attached hydrogens (tertiary/aromatic N) is 2. The molecule has 2 amide bonds. The number of aryl methyl sites for hydroxylation is 2. The van der Waals surface area contributed by atoms with Crippen LogP contribution >= 0.6 is 0 Å².